The summed E-state index contributed by atoms with van der Waals surface area (Å²) in [7, 11) is 0. The van der Waals surface area contributed by atoms with Crippen LogP contribution in [0.2, 0.25) is 0 Å². The minimum absolute atomic E-state index is 0.0609. The van der Waals surface area contributed by atoms with Gasteiger partial charge in [-0.05, 0) is 29.4 Å². The Labute approximate surface area is 126 Å². The van der Waals surface area contributed by atoms with E-state index in [1.807, 2.05) is 24.3 Å². The number of carbonyl (C=O) groups is 1. The van der Waals surface area contributed by atoms with Crippen molar-refractivity contribution in [2.45, 2.75) is 58.1 Å². The lowest BCUT2D eigenvalue weighted by molar-refractivity contribution is -0.131. The zero-order valence-electron chi connectivity index (χ0n) is 12.9. The van der Waals surface area contributed by atoms with Crippen LogP contribution in [-0.4, -0.2) is 17.1 Å². The first-order valence-corrected chi connectivity index (χ1v) is 8.05. The van der Waals surface area contributed by atoms with Crippen LogP contribution in [0.25, 0.3) is 0 Å². The van der Waals surface area contributed by atoms with E-state index in [1.54, 1.807) is 0 Å². The Balaban J connectivity index is 1.76. The number of nitrogens with one attached hydrogen (secondary N) is 1. The summed E-state index contributed by atoms with van der Waals surface area (Å²) in [5.74, 6) is 0.173. The van der Waals surface area contributed by atoms with Crippen LogP contribution in [0, 0.1) is 11.3 Å². The minimum atomic E-state index is -0.502. The molecule has 3 atom stereocenters. The van der Waals surface area contributed by atoms with E-state index in [1.165, 1.54) is 6.42 Å². The smallest absolute Gasteiger partial charge is 0.224 e. The van der Waals surface area contributed by atoms with Crippen molar-refractivity contribution in [1.82, 2.24) is 5.32 Å². The number of carbonyl (C=O) groups excluding carboxylic acids is 1. The van der Waals surface area contributed by atoms with E-state index in [0.717, 1.165) is 30.4 Å². The standard InChI is InChI=1S/C18H25NO2/c1-18(2)10-6-5-9-14(18)17(21)19-16-13-8-4-3-7-12(13)11-15(16)20/h3-4,7-8,14-16,20H,5-6,9-11H2,1-2H3,(H,19,21)/t14?,15-,16+/m0/s1. The molecule has 2 N–H and O–H groups in total. The summed E-state index contributed by atoms with van der Waals surface area (Å²) in [5.41, 5.74) is 2.29. The Bertz CT molecular complexity index is 538. The Morgan fingerprint density at radius 1 is 1.29 bits per heavy atom. The van der Waals surface area contributed by atoms with Crippen LogP contribution < -0.4 is 5.32 Å². The van der Waals surface area contributed by atoms with E-state index in [9.17, 15) is 9.90 Å². The van der Waals surface area contributed by atoms with Gasteiger partial charge in [-0.25, -0.2) is 0 Å². The number of hydrogen-bond acceptors (Lipinski definition) is 2. The number of benzene rings is 1. The lowest BCUT2D eigenvalue weighted by Crippen LogP contribution is -2.44. The lowest BCUT2D eigenvalue weighted by Gasteiger charge is -2.38. The second-order valence-electron chi connectivity index (χ2n) is 7.24. The maximum atomic E-state index is 12.7. The highest BCUT2D eigenvalue weighted by Gasteiger charge is 2.40. The van der Waals surface area contributed by atoms with Crippen molar-refractivity contribution in [2.24, 2.45) is 11.3 Å². The molecule has 2 aliphatic rings. The van der Waals surface area contributed by atoms with Gasteiger partial charge in [0, 0.05) is 12.3 Å². The molecule has 1 amide bonds. The molecule has 0 radical (unpaired) electrons. The Kier molecular flexibility index (Phi) is 3.78. The number of rotatable bonds is 2. The lowest BCUT2D eigenvalue weighted by atomic mass is 9.68. The molecule has 1 aromatic rings. The molecule has 0 aliphatic heterocycles. The van der Waals surface area contributed by atoms with Crippen LogP contribution in [0.5, 0.6) is 0 Å². The first-order chi connectivity index (χ1) is 9.99. The minimum Gasteiger partial charge on any atom is -0.390 e. The normalized spacial score (nSPS) is 30.7. The molecule has 21 heavy (non-hydrogen) atoms. The van der Waals surface area contributed by atoms with Gasteiger partial charge in [0.2, 0.25) is 5.91 Å². The van der Waals surface area contributed by atoms with Gasteiger partial charge >= 0.3 is 0 Å². The first kappa shape index (κ1) is 14.6. The summed E-state index contributed by atoms with van der Waals surface area (Å²) < 4.78 is 0. The number of hydrogen-bond donors (Lipinski definition) is 2. The number of aliphatic hydroxyl groups is 1. The molecule has 3 nitrogen and oxygen atoms in total. The Morgan fingerprint density at radius 2 is 2.05 bits per heavy atom. The van der Waals surface area contributed by atoms with E-state index in [-0.39, 0.29) is 23.3 Å². The quantitative estimate of drug-likeness (QED) is 0.878. The van der Waals surface area contributed by atoms with Gasteiger partial charge in [-0.1, -0.05) is 51.0 Å². The van der Waals surface area contributed by atoms with E-state index in [4.69, 9.17) is 0 Å². The summed E-state index contributed by atoms with van der Waals surface area (Å²) in [6.45, 7) is 4.38. The van der Waals surface area contributed by atoms with Gasteiger partial charge in [0.05, 0.1) is 12.1 Å². The largest absolute Gasteiger partial charge is 0.390 e. The molecule has 0 spiro atoms. The van der Waals surface area contributed by atoms with E-state index in [0.29, 0.717) is 6.42 Å². The first-order valence-electron chi connectivity index (χ1n) is 8.05. The van der Waals surface area contributed by atoms with E-state index >= 15 is 0 Å². The van der Waals surface area contributed by atoms with Crippen LogP contribution in [-0.2, 0) is 11.2 Å². The summed E-state index contributed by atoms with van der Waals surface area (Å²) in [6, 6.07) is 7.77. The molecule has 0 saturated heterocycles. The third-order valence-corrected chi connectivity index (χ3v) is 5.33. The van der Waals surface area contributed by atoms with Crippen LogP contribution in [0.4, 0.5) is 0 Å². The van der Waals surface area contributed by atoms with Crippen molar-refractivity contribution in [2.75, 3.05) is 0 Å². The van der Waals surface area contributed by atoms with Gasteiger partial charge in [-0.3, -0.25) is 4.79 Å². The van der Waals surface area contributed by atoms with Crippen molar-refractivity contribution < 1.29 is 9.90 Å². The van der Waals surface area contributed by atoms with Crippen molar-refractivity contribution in [3.63, 3.8) is 0 Å². The summed E-state index contributed by atoms with van der Waals surface area (Å²) in [6.07, 6.45) is 4.54. The summed E-state index contributed by atoms with van der Waals surface area (Å²) >= 11 is 0. The van der Waals surface area contributed by atoms with Gasteiger partial charge < -0.3 is 10.4 Å². The highest BCUT2D eigenvalue weighted by molar-refractivity contribution is 5.80. The topological polar surface area (TPSA) is 49.3 Å². The molecule has 2 aliphatic carbocycles. The van der Waals surface area contributed by atoms with Crippen LogP contribution in [0.15, 0.2) is 24.3 Å². The second-order valence-corrected chi connectivity index (χ2v) is 7.24. The fourth-order valence-corrected chi connectivity index (χ4v) is 3.98. The third kappa shape index (κ3) is 2.71. The molecule has 1 fully saturated rings. The Morgan fingerprint density at radius 3 is 2.81 bits per heavy atom. The van der Waals surface area contributed by atoms with E-state index in [2.05, 4.69) is 19.2 Å². The highest BCUT2D eigenvalue weighted by Crippen LogP contribution is 2.41. The average molecular weight is 287 g/mol. The molecule has 0 bridgehead atoms. The van der Waals surface area contributed by atoms with Crippen molar-refractivity contribution in [1.29, 1.82) is 0 Å². The molecule has 0 heterocycles. The molecule has 1 aromatic carbocycles. The number of aliphatic hydroxyl groups excluding tert-OH is 1. The molecule has 1 unspecified atom stereocenters. The fraction of sp³-hybridized carbons (Fsp3) is 0.611. The summed E-state index contributed by atoms with van der Waals surface area (Å²) in [5, 5.41) is 13.4. The SMILES string of the molecule is CC1(C)CCCCC1C(=O)N[C@@H]1c2ccccc2C[C@@H]1O. The monoisotopic (exact) mass is 287 g/mol. The Hall–Kier alpha value is -1.35. The van der Waals surface area contributed by atoms with Gasteiger partial charge in [0.1, 0.15) is 0 Å². The third-order valence-electron chi connectivity index (χ3n) is 5.33. The van der Waals surface area contributed by atoms with Gasteiger partial charge in [-0.15, -0.1) is 0 Å². The molecular weight excluding hydrogens is 262 g/mol. The highest BCUT2D eigenvalue weighted by atomic mass is 16.3. The van der Waals surface area contributed by atoms with Crippen molar-refractivity contribution >= 4 is 5.91 Å². The second kappa shape index (κ2) is 5.45. The van der Waals surface area contributed by atoms with Crippen molar-refractivity contribution in [3.05, 3.63) is 35.4 Å². The number of amides is 1. The van der Waals surface area contributed by atoms with Crippen LogP contribution >= 0.6 is 0 Å². The molecule has 114 valence electrons. The van der Waals surface area contributed by atoms with Crippen LogP contribution in [0.3, 0.4) is 0 Å². The molecule has 3 rings (SSSR count). The fourth-order valence-electron chi connectivity index (χ4n) is 3.98. The molecule has 1 saturated carbocycles. The maximum absolute atomic E-state index is 12.7. The molecule has 0 aromatic heterocycles. The van der Waals surface area contributed by atoms with Crippen LogP contribution in [0.1, 0.15) is 56.7 Å². The zero-order valence-corrected chi connectivity index (χ0v) is 12.9. The predicted octanol–water partition coefficient (Wildman–Crippen LogP) is 2.98. The van der Waals surface area contributed by atoms with Gasteiger partial charge in [-0.2, -0.15) is 0 Å². The zero-order chi connectivity index (χ0) is 15.0. The van der Waals surface area contributed by atoms with Gasteiger partial charge in [0.15, 0.2) is 0 Å². The van der Waals surface area contributed by atoms with Gasteiger partial charge in [0.25, 0.3) is 0 Å². The van der Waals surface area contributed by atoms with E-state index < -0.39 is 6.10 Å². The molecular formula is C18H25NO2. The predicted molar refractivity (Wildman–Crippen MR) is 82.8 cm³/mol. The number of fused-ring (bicyclic) bond motifs is 1. The summed E-state index contributed by atoms with van der Waals surface area (Å²) in [4.78, 5) is 12.7. The maximum Gasteiger partial charge on any atom is 0.224 e. The average Bonchev–Trinajstić information content (AvgIpc) is 2.74. The van der Waals surface area contributed by atoms with Crippen molar-refractivity contribution in [3.8, 4) is 0 Å². The molecule has 3 heteroatoms.